The lowest BCUT2D eigenvalue weighted by atomic mass is 9.80. The van der Waals surface area contributed by atoms with Crippen LogP contribution in [0.4, 0.5) is 0 Å². The summed E-state index contributed by atoms with van der Waals surface area (Å²) in [6.45, 7) is 3.17. The van der Waals surface area contributed by atoms with Gasteiger partial charge in [-0.3, -0.25) is 0 Å². The predicted molar refractivity (Wildman–Crippen MR) is 88.6 cm³/mol. The number of nitrogens with one attached hydrogen (secondary N) is 1. The normalized spacial score (nSPS) is 19.6. The van der Waals surface area contributed by atoms with Crippen LogP contribution in [0.5, 0.6) is 5.75 Å². The van der Waals surface area contributed by atoms with E-state index in [9.17, 15) is 5.11 Å². The molecule has 3 heteroatoms. The van der Waals surface area contributed by atoms with E-state index in [1.54, 1.807) is 6.07 Å². The van der Waals surface area contributed by atoms with Gasteiger partial charge in [-0.05, 0) is 39.4 Å². The van der Waals surface area contributed by atoms with Crippen LogP contribution < -0.4 is 5.32 Å². The van der Waals surface area contributed by atoms with Gasteiger partial charge in [-0.1, -0.05) is 44.4 Å². The van der Waals surface area contributed by atoms with Crippen molar-refractivity contribution in [2.24, 2.45) is 0 Å². The van der Waals surface area contributed by atoms with Gasteiger partial charge >= 0.3 is 0 Å². The Balaban J connectivity index is 2.06. The van der Waals surface area contributed by atoms with E-state index < -0.39 is 0 Å². The molecule has 0 radical (unpaired) electrons. The highest BCUT2D eigenvalue weighted by Crippen LogP contribution is 2.33. The Hall–Kier alpha value is -1.06. The lowest BCUT2D eigenvalue weighted by Crippen LogP contribution is -2.53. The average molecular weight is 290 g/mol. The molecule has 1 unspecified atom stereocenters. The molecule has 0 amide bonds. The summed E-state index contributed by atoms with van der Waals surface area (Å²) in [6.07, 6.45) is 7.54. The molecule has 2 N–H and O–H groups in total. The fourth-order valence-electron chi connectivity index (χ4n) is 3.56. The number of hydrogen-bond acceptors (Lipinski definition) is 3. The maximum atomic E-state index is 10.1. The first-order chi connectivity index (χ1) is 10.1. The topological polar surface area (TPSA) is 35.5 Å². The van der Waals surface area contributed by atoms with Gasteiger partial charge in [0.15, 0.2) is 0 Å². The third kappa shape index (κ3) is 3.78. The fourth-order valence-corrected chi connectivity index (χ4v) is 3.56. The quantitative estimate of drug-likeness (QED) is 0.838. The van der Waals surface area contributed by atoms with Crippen LogP contribution in [0, 0.1) is 0 Å². The van der Waals surface area contributed by atoms with Crippen LogP contribution in [0.1, 0.15) is 57.1 Å². The molecule has 1 aliphatic rings. The van der Waals surface area contributed by atoms with Crippen molar-refractivity contribution in [3.8, 4) is 5.75 Å². The second-order valence-electron chi connectivity index (χ2n) is 6.58. The van der Waals surface area contributed by atoms with Gasteiger partial charge in [-0.15, -0.1) is 0 Å². The van der Waals surface area contributed by atoms with Crippen LogP contribution in [-0.4, -0.2) is 36.2 Å². The summed E-state index contributed by atoms with van der Waals surface area (Å²) in [5.41, 5.74) is 1.29. The van der Waals surface area contributed by atoms with Crippen LogP contribution >= 0.6 is 0 Å². The van der Waals surface area contributed by atoms with Gasteiger partial charge in [0, 0.05) is 23.7 Å². The van der Waals surface area contributed by atoms with Crippen LogP contribution in [0.15, 0.2) is 24.3 Å². The van der Waals surface area contributed by atoms with Crippen LogP contribution in [-0.2, 0) is 0 Å². The summed E-state index contributed by atoms with van der Waals surface area (Å²) in [7, 11) is 4.40. The minimum Gasteiger partial charge on any atom is -0.508 e. The second kappa shape index (κ2) is 7.28. The largest absolute Gasteiger partial charge is 0.508 e. The van der Waals surface area contributed by atoms with E-state index in [1.165, 1.54) is 32.1 Å². The van der Waals surface area contributed by atoms with Crippen molar-refractivity contribution in [2.75, 3.05) is 20.6 Å². The van der Waals surface area contributed by atoms with E-state index in [4.69, 9.17) is 0 Å². The SMILES string of the molecule is CCC(NCC1(N(C)C)CCCCC1)c1ccccc1O. The Labute approximate surface area is 129 Å². The molecule has 1 fully saturated rings. The van der Waals surface area contributed by atoms with E-state index in [-0.39, 0.29) is 11.6 Å². The number of para-hydroxylation sites is 1. The number of likely N-dealkylation sites (N-methyl/N-ethyl adjacent to an activating group) is 1. The Kier molecular flexibility index (Phi) is 5.65. The maximum absolute atomic E-state index is 10.1. The molecule has 0 spiro atoms. The Morgan fingerprint density at radius 3 is 2.43 bits per heavy atom. The summed E-state index contributed by atoms with van der Waals surface area (Å²) in [4.78, 5) is 2.40. The lowest BCUT2D eigenvalue weighted by Gasteiger charge is -2.44. The van der Waals surface area contributed by atoms with Crippen LogP contribution in [0.3, 0.4) is 0 Å². The molecule has 1 atom stereocenters. The van der Waals surface area contributed by atoms with E-state index in [2.05, 4.69) is 31.2 Å². The van der Waals surface area contributed by atoms with Crippen molar-refractivity contribution < 1.29 is 5.11 Å². The molecule has 0 aromatic heterocycles. The van der Waals surface area contributed by atoms with E-state index in [0.717, 1.165) is 18.5 Å². The third-order valence-corrected chi connectivity index (χ3v) is 5.13. The first-order valence-corrected chi connectivity index (χ1v) is 8.28. The van der Waals surface area contributed by atoms with Gasteiger partial charge in [0.2, 0.25) is 0 Å². The van der Waals surface area contributed by atoms with Gasteiger partial charge in [0.25, 0.3) is 0 Å². The molecular weight excluding hydrogens is 260 g/mol. The minimum absolute atomic E-state index is 0.227. The van der Waals surface area contributed by atoms with Gasteiger partial charge in [-0.25, -0.2) is 0 Å². The number of benzene rings is 1. The average Bonchev–Trinajstić information content (AvgIpc) is 2.50. The number of rotatable bonds is 6. The minimum atomic E-state index is 0.227. The molecular formula is C18H30N2O. The summed E-state index contributed by atoms with van der Waals surface area (Å²) < 4.78 is 0. The lowest BCUT2D eigenvalue weighted by molar-refractivity contribution is 0.0948. The zero-order chi connectivity index (χ0) is 15.3. The van der Waals surface area contributed by atoms with Crippen LogP contribution in [0.2, 0.25) is 0 Å². The predicted octanol–water partition coefficient (Wildman–Crippen LogP) is 3.70. The Morgan fingerprint density at radius 1 is 1.19 bits per heavy atom. The summed E-state index contributed by atoms with van der Waals surface area (Å²) in [6, 6.07) is 7.92. The smallest absolute Gasteiger partial charge is 0.120 e. The molecule has 0 bridgehead atoms. The molecule has 1 aromatic carbocycles. The van der Waals surface area contributed by atoms with Gasteiger partial charge in [0.05, 0.1) is 0 Å². The number of phenols is 1. The van der Waals surface area contributed by atoms with Crippen molar-refractivity contribution in [1.29, 1.82) is 0 Å². The van der Waals surface area contributed by atoms with E-state index in [1.807, 2.05) is 18.2 Å². The zero-order valence-electron chi connectivity index (χ0n) is 13.7. The van der Waals surface area contributed by atoms with Crippen molar-refractivity contribution in [2.45, 2.75) is 57.0 Å². The monoisotopic (exact) mass is 290 g/mol. The molecule has 21 heavy (non-hydrogen) atoms. The van der Waals surface area contributed by atoms with Gasteiger partial charge in [0.1, 0.15) is 5.75 Å². The number of hydrogen-bond donors (Lipinski definition) is 2. The molecule has 0 aliphatic heterocycles. The molecule has 2 rings (SSSR count). The molecule has 1 aliphatic carbocycles. The molecule has 1 aromatic rings. The van der Waals surface area contributed by atoms with Crippen LogP contribution in [0.25, 0.3) is 0 Å². The van der Waals surface area contributed by atoms with Gasteiger partial charge < -0.3 is 15.3 Å². The number of nitrogens with zero attached hydrogens (tertiary/aromatic N) is 1. The molecule has 1 saturated carbocycles. The molecule has 0 saturated heterocycles. The second-order valence-corrected chi connectivity index (χ2v) is 6.58. The highest BCUT2D eigenvalue weighted by Gasteiger charge is 2.34. The summed E-state index contributed by atoms with van der Waals surface area (Å²) in [5.74, 6) is 0.402. The van der Waals surface area contributed by atoms with Crippen molar-refractivity contribution >= 4 is 0 Å². The first-order valence-electron chi connectivity index (χ1n) is 8.28. The summed E-state index contributed by atoms with van der Waals surface area (Å²) >= 11 is 0. The highest BCUT2D eigenvalue weighted by molar-refractivity contribution is 5.34. The highest BCUT2D eigenvalue weighted by atomic mass is 16.3. The fraction of sp³-hybridized carbons (Fsp3) is 0.667. The standard InChI is InChI=1S/C18H30N2O/c1-4-16(15-10-6-7-11-17(15)21)19-14-18(20(2)3)12-8-5-9-13-18/h6-7,10-11,16,19,21H,4-5,8-9,12-14H2,1-3H3. The molecule has 118 valence electrons. The molecule has 0 heterocycles. The Morgan fingerprint density at radius 2 is 1.86 bits per heavy atom. The van der Waals surface area contributed by atoms with Crippen molar-refractivity contribution in [3.63, 3.8) is 0 Å². The van der Waals surface area contributed by atoms with E-state index >= 15 is 0 Å². The Bertz CT molecular complexity index is 439. The van der Waals surface area contributed by atoms with Gasteiger partial charge in [-0.2, -0.15) is 0 Å². The first kappa shape index (κ1) is 16.3. The van der Waals surface area contributed by atoms with Crippen molar-refractivity contribution in [1.82, 2.24) is 10.2 Å². The van der Waals surface area contributed by atoms with Crippen molar-refractivity contribution in [3.05, 3.63) is 29.8 Å². The number of phenolic OH excluding ortho intramolecular Hbond substituents is 1. The summed E-state index contributed by atoms with van der Waals surface area (Å²) in [5, 5.41) is 13.8. The zero-order valence-corrected chi connectivity index (χ0v) is 13.7. The molecule has 3 nitrogen and oxygen atoms in total. The third-order valence-electron chi connectivity index (χ3n) is 5.13. The van der Waals surface area contributed by atoms with E-state index in [0.29, 0.717) is 5.75 Å². The maximum Gasteiger partial charge on any atom is 0.120 e. The number of aromatic hydroxyl groups is 1.